The lowest BCUT2D eigenvalue weighted by Crippen LogP contribution is -2.58. The van der Waals surface area contributed by atoms with Crippen molar-refractivity contribution in [2.75, 3.05) is 53.6 Å². The number of ketones is 1. The van der Waals surface area contributed by atoms with Crippen LogP contribution < -0.4 is 10.7 Å². The van der Waals surface area contributed by atoms with Gasteiger partial charge in [0.05, 0.1) is 35.9 Å². The van der Waals surface area contributed by atoms with Crippen molar-refractivity contribution >= 4 is 40.4 Å². The van der Waals surface area contributed by atoms with Gasteiger partial charge in [0.2, 0.25) is 11.0 Å². The number of hydrogen-bond acceptors (Lipinski definition) is 15. The molecule has 16 nitrogen and oxygen atoms in total. The molecule has 16 atom stereocenters. The van der Waals surface area contributed by atoms with Crippen molar-refractivity contribution in [1.82, 2.24) is 19.7 Å². The monoisotopic (exact) mass is 1110 g/mol. The van der Waals surface area contributed by atoms with Crippen LogP contribution in [0.3, 0.4) is 0 Å². The van der Waals surface area contributed by atoms with Crippen LogP contribution in [0, 0.1) is 47.3 Å². The number of benzene rings is 1. The summed E-state index contributed by atoms with van der Waals surface area (Å²) in [5, 5.41) is 41.8. The van der Waals surface area contributed by atoms with Crippen molar-refractivity contribution in [3.63, 3.8) is 0 Å². The number of carboxylic acid groups (broad SMARTS) is 1. The van der Waals surface area contributed by atoms with Crippen LogP contribution in [-0.4, -0.2) is 160 Å². The fourth-order valence-corrected chi connectivity index (χ4v) is 13.1. The number of hydrogen-bond donors (Lipinski definition) is 5. The van der Waals surface area contributed by atoms with Gasteiger partial charge in [-0.15, -0.1) is 11.8 Å². The number of rotatable bonds is 19. The Labute approximate surface area is 472 Å². The van der Waals surface area contributed by atoms with Gasteiger partial charge in [0.25, 0.3) is 5.95 Å². The first-order chi connectivity index (χ1) is 36.7. The van der Waals surface area contributed by atoms with E-state index in [1.165, 1.54) is 6.20 Å². The number of carboxylic acids is 1. The number of likely N-dealkylation sites (N-methyl/N-ethyl adjacent to an activating group) is 1. The summed E-state index contributed by atoms with van der Waals surface area (Å²) in [6.07, 6.45) is 5.97. The number of fused-ring (bicyclic) bond motifs is 2. The predicted molar refractivity (Wildman–Crippen MR) is 313 cm³/mol. The fourth-order valence-electron chi connectivity index (χ4n) is 12.2. The maximum atomic E-state index is 13.7. The molecule has 444 valence electrons. The molecule has 3 aliphatic rings. The summed E-state index contributed by atoms with van der Waals surface area (Å²) in [6, 6.07) is 5.93. The average molecular weight is 1120 g/mol. The molecule has 5 rings (SSSR count). The number of Topliss-reactive ketones (excluding diaryl/α,β-unsaturated/α-hetero) is 1. The van der Waals surface area contributed by atoms with E-state index in [-0.39, 0.29) is 53.3 Å². The minimum atomic E-state index is -1.22. The van der Waals surface area contributed by atoms with Gasteiger partial charge < -0.3 is 54.2 Å². The summed E-state index contributed by atoms with van der Waals surface area (Å²) in [5.41, 5.74) is -1.04. The number of carbonyl (C=O) groups is 3. The van der Waals surface area contributed by atoms with Gasteiger partial charge in [0, 0.05) is 79.9 Å². The lowest BCUT2D eigenvalue weighted by molar-refractivity contribution is -0.172. The highest BCUT2D eigenvalue weighted by Crippen LogP contribution is 2.43. The number of cyclic esters (lactones) is 1. The van der Waals surface area contributed by atoms with Gasteiger partial charge in [0.1, 0.15) is 17.5 Å². The molecule has 5 N–H and O–H groups in total. The van der Waals surface area contributed by atoms with E-state index in [0.29, 0.717) is 80.4 Å². The summed E-state index contributed by atoms with van der Waals surface area (Å²) in [4.78, 5) is 55.5. The Bertz CT molecular complexity index is 2290. The van der Waals surface area contributed by atoms with Gasteiger partial charge >= 0.3 is 11.9 Å². The number of esters is 1. The van der Waals surface area contributed by atoms with Crippen LogP contribution in [0.5, 0.6) is 0 Å². The molecule has 17 heteroatoms. The number of nitrogens with zero attached hydrogens (tertiary/aromatic N) is 3. The zero-order valence-corrected chi connectivity index (χ0v) is 51.1. The minimum Gasteiger partial charge on any atom is -0.477 e. The van der Waals surface area contributed by atoms with E-state index in [1.54, 1.807) is 35.4 Å². The third-order valence-electron chi connectivity index (χ3n) is 16.8. The van der Waals surface area contributed by atoms with Gasteiger partial charge in [-0.05, 0) is 154 Å². The normalized spacial score (nSPS) is 31.0. The van der Waals surface area contributed by atoms with E-state index in [2.05, 4.69) is 105 Å². The number of carbonyl (C=O) groups excluding carboxylic acids is 2. The zero-order chi connectivity index (χ0) is 58.9. The van der Waals surface area contributed by atoms with E-state index >= 15 is 0 Å². The van der Waals surface area contributed by atoms with E-state index in [0.717, 1.165) is 49.1 Å². The first kappa shape index (κ1) is 68.5. The van der Waals surface area contributed by atoms with Crippen molar-refractivity contribution < 1.29 is 53.8 Å². The minimum absolute atomic E-state index is 0.0634. The lowest BCUT2D eigenvalue weighted by atomic mass is 9.70. The molecule has 3 aliphatic heterocycles. The number of aliphatic hydroxyl groups is 3. The Morgan fingerprint density at radius 3 is 2.24 bits per heavy atom. The van der Waals surface area contributed by atoms with Crippen LogP contribution in [0.25, 0.3) is 10.9 Å². The number of aryl methyl sites for hydroxylation is 1. The topological polar surface area (TPSA) is 210 Å². The van der Waals surface area contributed by atoms with E-state index in [4.69, 9.17) is 24.1 Å². The van der Waals surface area contributed by atoms with Crippen LogP contribution in [0.15, 0.2) is 59.3 Å². The molecule has 1 aromatic heterocycles. The highest BCUT2D eigenvalue weighted by Gasteiger charge is 2.57. The molecule has 0 radical (unpaired) electrons. The Hall–Kier alpha value is -3.81. The Balaban J connectivity index is 0.000000411. The smallest absolute Gasteiger partial charge is 0.341 e. The van der Waals surface area contributed by atoms with Gasteiger partial charge in [0.15, 0.2) is 6.10 Å². The first-order valence-corrected chi connectivity index (χ1v) is 29.7. The second kappa shape index (κ2) is 32.0. The van der Waals surface area contributed by atoms with Gasteiger partial charge in [-0.1, -0.05) is 62.0 Å². The van der Waals surface area contributed by atoms with Crippen LogP contribution >= 0.6 is 11.8 Å². The summed E-state index contributed by atoms with van der Waals surface area (Å²) in [5.74, 6) is 0.103. The third-order valence-corrected chi connectivity index (χ3v) is 17.8. The van der Waals surface area contributed by atoms with Crippen LogP contribution in [0.4, 0.5) is 0 Å². The largest absolute Gasteiger partial charge is 0.477 e. The molecule has 0 spiro atoms. The number of aliphatic hydroxyl groups excluding tert-OH is 3. The molecule has 16 unspecified atom stereocenters. The van der Waals surface area contributed by atoms with Crippen molar-refractivity contribution in [1.29, 1.82) is 0 Å². The van der Waals surface area contributed by atoms with Gasteiger partial charge in [-0.2, -0.15) is 0 Å². The van der Waals surface area contributed by atoms with E-state index in [1.807, 2.05) is 32.9 Å². The summed E-state index contributed by atoms with van der Waals surface area (Å²) in [7, 11) is 7.42. The standard InChI is InChI=1S/C35H62N2O6.C25H36N2O5S.CH4O/c1-14-31-35(15-2)33(41-27(10)43-35)26(9)37(13)19-20(3)16-21(4)28(23(6)32(38)25(8)34(39)42-31)18-30-24(7)29(36(11)12)17-22(5)40-30;1-5-27-15-21(25(31)32)24(30)20-14-19(6-7-22(20)27)33-11-10-26-9-8-23(29)17(4)13-18(28)12-16(2)3;1-2/h15,20-26,28-33,38H,2,10,14,16-19H2,1,3-9,11-13H3;6-7,14-18,26,28H,5,8-13H2,1-4H3,(H,31,32);2H,1H3. The Kier molecular flexibility index (Phi) is 28.1. The van der Waals surface area contributed by atoms with Crippen LogP contribution in [0.2, 0.25) is 0 Å². The van der Waals surface area contributed by atoms with Crippen molar-refractivity contribution in [3.05, 3.63) is 65.4 Å². The zero-order valence-electron chi connectivity index (χ0n) is 50.3. The molecule has 78 heavy (non-hydrogen) atoms. The molecule has 0 amide bonds. The molecule has 2 aromatic rings. The molecule has 0 bridgehead atoms. The Morgan fingerprint density at radius 2 is 1.65 bits per heavy atom. The molecule has 1 aromatic carbocycles. The number of ether oxygens (including phenoxy) is 4. The quantitative estimate of drug-likeness (QED) is 0.0385. The van der Waals surface area contributed by atoms with Crippen LogP contribution in [-0.2, 0) is 35.1 Å². The first-order valence-electron chi connectivity index (χ1n) is 28.7. The highest BCUT2D eigenvalue weighted by molar-refractivity contribution is 7.99. The number of pyridine rings is 1. The number of thioether (sulfide) groups is 1. The molecule has 3 saturated heterocycles. The molecular weight excluding hydrogens is 1010 g/mol. The SMILES string of the molecule is C=CC12OC(=C)OC1C(C)N(C)CC(C)CC(C)C(CC1OC(C)CC(N(C)C)C1C)C(C)C(O)C(C)C(=O)OC2CC.CCn1cc(C(=O)O)c(=O)c2cc(SCCNCCC(=O)C(C)CC(O)CC(C)C)ccc21.CO. The summed E-state index contributed by atoms with van der Waals surface area (Å²) < 4.78 is 26.9. The second-order valence-corrected chi connectivity index (χ2v) is 24.6. The maximum Gasteiger partial charge on any atom is 0.341 e. The van der Waals surface area contributed by atoms with E-state index < -0.39 is 53.3 Å². The Morgan fingerprint density at radius 1 is 0.987 bits per heavy atom. The summed E-state index contributed by atoms with van der Waals surface area (Å²) >= 11 is 1.57. The number of nitrogens with one attached hydrogen (secondary N) is 1. The maximum absolute atomic E-state index is 13.7. The van der Waals surface area contributed by atoms with Crippen molar-refractivity contribution in [2.45, 2.75) is 194 Å². The fraction of sp³-hybridized carbons (Fsp3) is 0.738. The summed E-state index contributed by atoms with van der Waals surface area (Å²) in [6.45, 7) is 35.7. The van der Waals surface area contributed by atoms with Crippen LogP contribution in [0.1, 0.15) is 138 Å². The van der Waals surface area contributed by atoms with Crippen molar-refractivity contribution in [3.8, 4) is 0 Å². The number of aromatic carboxylic acids is 1. The van der Waals surface area contributed by atoms with Gasteiger partial charge in [-0.25, -0.2) is 4.79 Å². The lowest BCUT2D eigenvalue weighted by Gasteiger charge is -2.45. The molecule has 0 saturated carbocycles. The molecule has 0 aliphatic carbocycles. The van der Waals surface area contributed by atoms with E-state index in [9.17, 15) is 34.5 Å². The van der Waals surface area contributed by atoms with Crippen molar-refractivity contribution in [2.24, 2.45) is 47.3 Å². The molecule has 4 heterocycles. The second-order valence-electron chi connectivity index (χ2n) is 23.4. The highest BCUT2D eigenvalue weighted by atomic mass is 32.2. The molecule has 3 fully saturated rings. The molecular formula is C61H102N4O12S. The predicted octanol–water partition coefficient (Wildman–Crippen LogP) is 8.90. The van der Waals surface area contributed by atoms with Gasteiger partial charge in [-0.3, -0.25) is 19.3 Å². The third kappa shape index (κ3) is 18.1. The average Bonchev–Trinajstić information content (AvgIpc) is 3.76. The number of aromatic nitrogens is 1.